The predicted molar refractivity (Wildman–Crippen MR) is 103 cm³/mol. The van der Waals surface area contributed by atoms with Gasteiger partial charge in [0.25, 0.3) is 0 Å². The summed E-state index contributed by atoms with van der Waals surface area (Å²) in [6, 6.07) is 0.459. The number of guanidine groups is 1. The Morgan fingerprint density at radius 2 is 1.95 bits per heavy atom. The maximum Gasteiger partial charge on any atom is 0.208 e. The van der Waals surface area contributed by atoms with Gasteiger partial charge in [0.2, 0.25) is 10.0 Å². The molecule has 0 aliphatic heterocycles. The molecule has 0 spiro atoms. The number of sulfonamides is 1. The molecule has 22 heavy (non-hydrogen) atoms. The van der Waals surface area contributed by atoms with Gasteiger partial charge in [0.05, 0.1) is 6.26 Å². The van der Waals surface area contributed by atoms with Gasteiger partial charge in [0.15, 0.2) is 5.96 Å². The smallest absolute Gasteiger partial charge is 0.208 e. The lowest BCUT2D eigenvalue weighted by molar-refractivity contribution is 0.244. The standard InChI is InChI=1S/C14H30N4O2S.HI/c1-11(2)12-6-5-7-13(10-12)18-14(15-3)16-8-9-17-21(4,19)20;/h11-13,17H,5-10H2,1-4H3,(H2,15,16,18);1H. The Labute approximate surface area is 152 Å². The van der Waals surface area contributed by atoms with Crippen LogP contribution in [-0.2, 0) is 10.0 Å². The van der Waals surface area contributed by atoms with Crippen molar-refractivity contribution in [2.24, 2.45) is 16.8 Å². The van der Waals surface area contributed by atoms with Crippen LogP contribution in [0.1, 0.15) is 39.5 Å². The van der Waals surface area contributed by atoms with Crippen molar-refractivity contribution in [1.29, 1.82) is 0 Å². The van der Waals surface area contributed by atoms with Gasteiger partial charge in [-0.3, -0.25) is 4.99 Å². The van der Waals surface area contributed by atoms with Gasteiger partial charge in [0, 0.05) is 26.2 Å². The van der Waals surface area contributed by atoms with E-state index >= 15 is 0 Å². The molecule has 2 unspecified atom stereocenters. The molecule has 1 rings (SSSR count). The minimum Gasteiger partial charge on any atom is -0.355 e. The molecule has 1 aliphatic carbocycles. The molecular formula is C14H31IN4O2S. The Balaban J connectivity index is 0.00000441. The Kier molecular flexibility index (Phi) is 10.6. The molecule has 1 aliphatic rings. The summed E-state index contributed by atoms with van der Waals surface area (Å²) in [6.07, 6.45) is 6.09. The second-order valence-corrected chi connectivity index (χ2v) is 8.01. The van der Waals surface area contributed by atoms with E-state index in [0.717, 1.165) is 24.1 Å². The Morgan fingerprint density at radius 3 is 2.50 bits per heavy atom. The Hall–Kier alpha value is -0.0900. The summed E-state index contributed by atoms with van der Waals surface area (Å²) in [6.45, 7) is 5.46. The number of nitrogens with one attached hydrogen (secondary N) is 3. The van der Waals surface area contributed by atoms with Crippen LogP contribution in [0, 0.1) is 11.8 Å². The van der Waals surface area contributed by atoms with Crippen molar-refractivity contribution in [3.8, 4) is 0 Å². The number of rotatable bonds is 6. The van der Waals surface area contributed by atoms with E-state index in [9.17, 15) is 8.42 Å². The molecule has 1 saturated carbocycles. The topological polar surface area (TPSA) is 82.6 Å². The Morgan fingerprint density at radius 1 is 1.27 bits per heavy atom. The molecule has 0 bridgehead atoms. The highest BCUT2D eigenvalue weighted by Gasteiger charge is 2.24. The Bertz CT molecular complexity index is 440. The van der Waals surface area contributed by atoms with E-state index in [2.05, 4.69) is 34.2 Å². The van der Waals surface area contributed by atoms with Crippen LogP contribution in [0.15, 0.2) is 4.99 Å². The summed E-state index contributed by atoms with van der Waals surface area (Å²) in [5.41, 5.74) is 0. The quantitative estimate of drug-likeness (QED) is 0.250. The van der Waals surface area contributed by atoms with Crippen molar-refractivity contribution in [3.05, 3.63) is 0 Å². The van der Waals surface area contributed by atoms with Crippen molar-refractivity contribution < 1.29 is 8.42 Å². The first-order chi connectivity index (χ1) is 9.81. The van der Waals surface area contributed by atoms with Crippen LogP contribution < -0.4 is 15.4 Å². The number of halogens is 1. The van der Waals surface area contributed by atoms with Gasteiger partial charge >= 0.3 is 0 Å². The zero-order valence-electron chi connectivity index (χ0n) is 14.1. The van der Waals surface area contributed by atoms with E-state index < -0.39 is 10.0 Å². The first-order valence-electron chi connectivity index (χ1n) is 7.73. The SMILES string of the molecule is CN=C(NCCNS(C)(=O)=O)NC1CCCC(C(C)C)C1.I. The van der Waals surface area contributed by atoms with Crippen LogP contribution in [0.4, 0.5) is 0 Å². The van der Waals surface area contributed by atoms with Crippen LogP contribution >= 0.6 is 24.0 Å². The molecule has 0 saturated heterocycles. The third-order valence-corrected chi connectivity index (χ3v) is 4.73. The van der Waals surface area contributed by atoms with Gasteiger partial charge in [-0.15, -0.1) is 24.0 Å². The molecule has 2 atom stereocenters. The highest BCUT2D eigenvalue weighted by molar-refractivity contribution is 14.0. The summed E-state index contributed by atoms with van der Waals surface area (Å²) in [5.74, 6) is 2.25. The molecule has 0 aromatic carbocycles. The monoisotopic (exact) mass is 446 g/mol. The van der Waals surface area contributed by atoms with Crippen LogP contribution in [0.3, 0.4) is 0 Å². The minimum atomic E-state index is -3.12. The van der Waals surface area contributed by atoms with Gasteiger partial charge in [-0.05, 0) is 24.7 Å². The molecule has 0 heterocycles. The van der Waals surface area contributed by atoms with Crippen molar-refractivity contribution in [3.63, 3.8) is 0 Å². The van der Waals surface area contributed by atoms with E-state index in [-0.39, 0.29) is 24.0 Å². The minimum absolute atomic E-state index is 0. The van der Waals surface area contributed by atoms with E-state index in [4.69, 9.17) is 0 Å². The molecule has 0 aromatic heterocycles. The lowest BCUT2D eigenvalue weighted by atomic mass is 9.79. The van der Waals surface area contributed by atoms with Crippen molar-refractivity contribution >= 4 is 40.0 Å². The van der Waals surface area contributed by atoms with Crippen LogP contribution in [-0.4, -0.2) is 46.8 Å². The molecule has 3 N–H and O–H groups in total. The third-order valence-electron chi connectivity index (χ3n) is 4.00. The fourth-order valence-electron chi connectivity index (χ4n) is 2.77. The molecule has 8 heteroatoms. The summed E-state index contributed by atoms with van der Waals surface area (Å²) in [4.78, 5) is 4.20. The second kappa shape index (κ2) is 10.6. The molecule has 0 amide bonds. The molecule has 1 fully saturated rings. The van der Waals surface area contributed by atoms with Crippen LogP contribution in [0.2, 0.25) is 0 Å². The number of hydrogen-bond acceptors (Lipinski definition) is 3. The average molecular weight is 446 g/mol. The summed E-state index contributed by atoms with van der Waals surface area (Å²) in [5, 5.41) is 6.60. The van der Waals surface area contributed by atoms with E-state index in [1.807, 2.05) is 0 Å². The zero-order valence-corrected chi connectivity index (χ0v) is 17.2. The number of nitrogens with zero attached hydrogens (tertiary/aromatic N) is 1. The highest BCUT2D eigenvalue weighted by atomic mass is 127. The maximum absolute atomic E-state index is 11.0. The maximum atomic E-state index is 11.0. The predicted octanol–water partition coefficient (Wildman–Crippen LogP) is 1.53. The molecule has 132 valence electrons. The number of hydrogen-bond donors (Lipinski definition) is 3. The van der Waals surface area contributed by atoms with Crippen molar-refractivity contribution in [2.75, 3.05) is 26.4 Å². The summed E-state index contributed by atoms with van der Waals surface area (Å²) < 4.78 is 24.4. The zero-order chi connectivity index (χ0) is 15.9. The van der Waals surface area contributed by atoms with E-state index in [1.54, 1.807) is 7.05 Å². The highest BCUT2D eigenvalue weighted by Crippen LogP contribution is 2.29. The van der Waals surface area contributed by atoms with E-state index in [1.165, 1.54) is 25.7 Å². The second-order valence-electron chi connectivity index (χ2n) is 6.18. The summed E-state index contributed by atoms with van der Waals surface area (Å²) in [7, 11) is -1.38. The van der Waals surface area contributed by atoms with Crippen molar-refractivity contribution in [1.82, 2.24) is 15.4 Å². The largest absolute Gasteiger partial charge is 0.355 e. The molecule has 0 radical (unpaired) electrons. The van der Waals surface area contributed by atoms with Gasteiger partial charge in [0.1, 0.15) is 0 Å². The lowest BCUT2D eigenvalue weighted by Gasteiger charge is -2.33. The molecule has 0 aromatic rings. The fourth-order valence-corrected chi connectivity index (χ4v) is 3.24. The van der Waals surface area contributed by atoms with Crippen LogP contribution in [0.25, 0.3) is 0 Å². The van der Waals surface area contributed by atoms with Crippen molar-refractivity contribution in [2.45, 2.75) is 45.6 Å². The van der Waals surface area contributed by atoms with Gasteiger partial charge in [-0.25, -0.2) is 13.1 Å². The van der Waals surface area contributed by atoms with Gasteiger partial charge < -0.3 is 10.6 Å². The molecule has 6 nitrogen and oxygen atoms in total. The van der Waals surface area contributed by atoms with Crippen LogP contribution in [0.5, 0.6) is 0 Å². The van der Waals surface area contributed by atoms with Gasteiger partial charge in [-0.2, -0.15) is 0 Å². The normalized spacial score (nSPS) is 23.0. The number of aliphatic imine (C=N–C) groups is 1. The summed E-state index contributed by atoms with van der Waals surface area (Å²) >= 11 is 0. The van der Waals surface area contributed by atoms with E-state index in [0.29, 0.717) is 19.1 Å². The molecular weight excluding hydrogens is 415 g/mol. The average Bonchev–Trinajstić information content (AvgIpc) is 2.41. The first kappa shape index (κ1) is 21.9. The first-order valence-corrected chi connectivity index (χ1v) is 9.62. The fraction of sp³-hybridized carbons (Fsp3) is 0.929. The third kappa shape index (κ3) is 9.14. The van der Waals surface area contributed by atoms with Gasteiger partial charge in [-0.1, -0.05) is 26.7 Å². The lowest BCUT2D eigenvalue weighted by Crippen LogP contribution is -2.47.